The van der Waals surface area contributed by atoms with Gasteiger partial charge in [-0.25, -0.2) is 17.6 Å². The Balaban J connectivity index is 1.94. The third kappa shape index (κ3) is 3.35. The summed E-state index contributed by atoms with van der Waals surface area (Å²) in [6, 6.07) is 6.33. The molecule has 0 spiro atoms. The normalized spacial score (nSPS) is 23.8. The van der Waals surface area contributed by atoms with Crippen molar-refractivity contribution in [2.24, 2.45) is 0 Å². The monoisotopic (exact) mass is 455 g/mol. The molecule has 0 saturated carbocycles. The van der Waals surface area contributed by atoms with Crippen LogP contribution in [0.15, 0.2) is 24.3 Å². The van der Waals surface area contributed by atoms with E-state index >= 15 is 0 Å². The molecule has 3 nitrogen and oxygen atoms in total. The molecule has 0 amide bonds. The molecule has 2 aromatic rings. The van der Waals surface area contributed by atoms with Gasteiger partial charge in [-0.2, -0.15) is 0 Å². The number of fused-ring (bicyclic) bond motifs is 1. The molecule has 1 unspecified atom stereocenters. The first-order valence-corrected chi connectivity index (χ1v) is 8.77. The smallest absolute Gasteiger partial charge is 0.288 e. The highest BCUT2D eigenvalue weighted by Gasteiger charge is 2.29. The number of benzene rings is 1. The lowest BCUT2D eigenvalue weighted by molar-refractivity contribution is 0.00930. The predicted octanol–water partition coefficient (Wildman–Crippen LogP) is 4.43. The van der Waals surface area contributed by atoms with E-state index in [0.29, 0.717) is 33.3 Å². The zero-order chi connectivity index (χ0) is 17.4. The molecule has 24 heavy (non-hydrogen) atoms. The van der Waals surface area contributed by atoms with Gasteiger partial charge in [0.25, 0.3) is 6.43 Å². The first kappa shape index (κ1) is 17.8. The number of hydrogen-bond donors (Lipinski definition) is 1. The molecule has 1 fully saturated rings. The number of hydrogen-bond acceptors (Lipinski definition) is 2. The molecule has 1 aliphatic heterocycles. The van der Waals surface area contributed by atoms with Crippen molar-refractivity contribution in [3.8, 4) is 0 Å². The van der Waals surface area contributed by atoms with Crippen LogP contribution in [-0.2, 0) is 0 Å². The second-order valence-corrected chi connectivity index (χ2v) is 7.21. The molecule has 3 atom stereocenters. The van der Waals surface area contributed by atoms with Crippen LogP contribution in [-0.4, -0.2) is 48.2 Å². The maximum atomic E-state index is 14.2. The second kappa shape index (κ2) is 7.07. The SMILES string of the molecule is CN1CC[C@@H](Nc2cccc3c2cc(I)n3C(F)C(F)F)[C@@H](F)C1. The van der Waals surface area contributed by atoms with Crippen molar-refractivity contribution in [1.82, 2.24) is 9.47 Å². The summed E-state index contributed by atoms with van der Waals surface area (Å²) in [5, 5.41) is 3.80. The van der Waals surface area contributed by atoms with Crippen LogP contribution in [0.3, 0.4) is 0 Å². The standard InChI is InChI=1S/C16H18F4IN3/c1-23-6-5-12(10(17)8-23)22-11-3-2-4-13-9(11)7-14(21)24(13)16(20)15(18)19/h2-4,7,10,12,15-16,22H,5-6,8H2,1H3/t10-,12+,16?/m0/s1. The molecule has 1 aromatic heterocycles. The van der Waals surface area contributed by atoms with Gasteiger partial charge in [-0.3, -0.25) is 0 Å². The summed E-state index contributed by atoms with van der Waals surface area (Å²) in [5.41, 5.74) is 1.02. The van der Waals surface area contributed by atoms with Crippen LogP contribution in [0, 0.1) is 3.70 Å². The summed E-state index contributed by atoms with van der Waals surface area (Å²) in [6.45, 7) is 1.13. The number of likely N-dealkylation sites (tertiary alicyclic amines) is 1. The fourth-order valence-corrected chi connectivity index (χ4v) is 3.96. The van der Waals surface area contributed by atoms with E-state index in [1.165, 1.54) is 0 Å². The minimum atomic E-state index is -3.10. The van der Waals surface area contributed by atoms with Crippen LogP contribution in [0.5, 0.6) is 0 Å². The number of nitrogens with one attached hydrogen (secondary N) is 1. The Labute approximate surface area is 151 Å². The van der Waals surface area contributed by atoms with Crippen LogP contribution >= 0.6 is 22.6 Å². The number of aromatic nitrogens is 1. The van der Waals surface area contributed by atoms with Gasteiger partial charge in [-0.15, -0.1) is 0 Å². The van der Waals surface area contributed by atoms with E-state index in [1.54, 1.807) is 24.3 Å². The number of alkyl halides is 4. The van der Waals surface area contributed by atoms with E-state index in [0.717, 1.165) is 11.1 Å². The third-order valence-corrected chi connectivity index (χ3v) is 5.21. The zero-order valence-corrected chi connectivity index (χ0v) is 15.2. The summed E-state index contributed by atoms with van der Waals surface area (Å²) < 4.78 is 55.1. The lowest BCUT2D eigenvalue weighted by Gasteiger charge is -2.33. The van der Waals surface area contributed by atoms with Gasteiger partial charge in [0.15, 0.2) is 0 Å². The lowest BCUT2D eigenvalue weighted by atomic mass is 10.0. The minimum Gasteiger partial charge on any atom is -0.379 e. The molecule has 132 valence electrons. The summed E-state index contributed by atoms with van der Waals surface area (Å²) in [7, 11) is 1.87. The average molecular weight is 455 g/mol. The zero-order valence-electron chi connectivity index (χ0n) is 13.0. The summed E-state index contributed by atoms with van der Waals surface area (Å²) in [5.74, 6) is 0. The maximum Gasteiger partial charge on any atom is 0.288 e. The maximum absolute atomic E-state index is 14.2. The molecule has 3 rings (SSSR count). The van der Waals surface area contributed by atoms with Gasteiger partial charge in [0.2, 0.25) is 6.30 Å². The van der Waals surface area contributed by atoms with E-state index in [4.69, 9.17) is 0 Å². The molecule has 0 bridgehead atoms. The Morgan fingerprint density at radius 2 is 2.04 bits per heavy atom. The topological polar surface area (TPSA) is 20.2 Å². The van der Waals surface area contributed by atoms with E-state index < -0.39 is 18.9 Å². The fourth-order valence-electron chi connectivity index (χ4n) is 3.13. The van der Waals surface area contributed by atoms with Crippen LogP contribution in [0.25, 0.3) is 10.9 Å². The van der Waals surface area contributed by atoms with Crippen molar-refractivity contribution in [3.05, 3.63) is 28.0 Å². The van der Waals surface area contributed by atoms with Crippen molar-refractivity contribution in [2.45, 2.75) is 31.4 Å². The molecule has 2 heterocycles. The van der Waals surface area contributed by atoms with Crippen LogP contribution in [0.4, 0.5) is 23.2 Å². The fraction of sp³-hybridized carbons (Fsp3) is 0.500. The summed E-state index contributed by atoms with van der Waals surface area (Å²) in [4.78, 5) is 1.93. The number of halogens is 5. The van der Waals surface area contributed by atoms with Crippen LogP contribution in [0.1, 0.15) is 12.7 Å². The van der Waals surface area contributed by atoms with Gasteiger partial charge in [0.1, 0.15) is 6.17 Å². The molecule has 1 aliphatic rings. The third-order valence-electron chi connectivity index (χ3n) is 4.38. The van der Waals surface area contributed by atoms with Gasteiger partial charge in [-0.1, -0.05) is 6.07 Å². The number of nitrogens with zero attached hydrogens (tertiary/aromatic N) is 2. The first-order valence-electron chi connectivity index (χ1n) is 7.69. The molecule has 1 N–H and O–H groups in total. The van der Waals surface area contributed by atoms with Gasteiger partial charge in [0, 0.05) is 24.2 Å². The highest BCUT2D eigenvalue weighted by molar-refractivity contribution is 14.1. The van der Waals surface area contributed by atoms with Gasteiger partial charge in [-0.05, 0) is 54.3 Å². The number of piperidine rings is 1. The highest BCUT2D eigenvalue weighted by Crippen LogP contribution is 2.34. The predicted molar refractivity (Wildman–Crippen MR) is 95.2 cm³/mol. The molecule has 1 aromatic carbocycles. The van der Waals surface area contributed by atoms with E-state index in [2.05, 4.69) is 5.32 Å². The van der Waals surface area contributed by atoms with Gasteiger partial charge in [0.05, 0.1) is 15.3 Å². The van der Waals surface area contributed by atoms with E-state index in [9.17, 15) is 17.6 Å². The molecular formula is C16H18F4IN3. The van der Waals surface area contributed by atoms with Crippen molar-refractivity contribution in [3.63, 3.8) is 0 Å². The summed E-state index contributed by atoms with van der Waals surface area (Å²) in [6.07, 6.45) is -5.87. The van der Waals surface area contributed by atoms with Gasteiger partial charge >= 0.3 is 0 Å². The van der Waals surface area contributed by atoms with E-state index in [-0.39, 0.29) is 6.04 Å². The first-order chi connectivity index (χ1) is 11.4. The second-order valence-electron chi connectivity index (χ2n) is 6.10. The molecule has 8 heteroatoms. The van der Waals surface area contributed by atoms with Crippen LogP contribution < -0.4 is 5.32 Å². The Kier molecular flexibility index (Phi) is 5.24. The minimum absolute atomic E-state index is 0.343. The Morgan fingerprint density at radius 1 is 1.29 bits per heavy atom. The number of rotatable bonds is 4. The molecule has 1 saturated heterocycles. The van der Waals surface area contributed by atoms with Crippen molar-refractivity contribution in [1.29, 1.82) is 0 Å². The molecular weight excluding hydrogens is 437 g/mol. The molecule has 0 aliphatic carbocycles. The van der Waals surface area contributed by atoms with Crippen molar-refractivity contribution < 1.29 is 17.6 Å². The Bertz CT molecular complexity index is 721. The highest BCUT2D eigenvalue weighted by atomic mass is 127. The van der Waals surface area contributed by atoms with Crippen LogP contribution in [0.2, 0.25) is 0 Å². The quantitative estimate of drug-likeness (QED) is 0.544. The van der Waals surface area contributed by atoms with Crippen molar-refractivity contribution in [2.75, 3.05) is 25.5 Å². The van der Waals surface area contributed by atoms with Crippen molar-refractivity contribution >= 4 is 39.2 Å². The molecule has 0 radical (unpaired) electrons. The largest absolute Gasteiger partial charge is 0.379 e. The number of anilines is 1. The van der Waals surface area contributed by atoms with Gasteiger partial charge < -0.3 is 14.8 Å². The Hall–Kier alpha value is -1.03. The average Bonchev–Trinajstić information content (AvgIpc) is 2.86. The summed E-state index contributed by atoms with van der Waals surface area (Å²) >= 11 is 1.84. The van der Waals surface area contributed by atoms with E-state index in [1.807, 2.05) is 34.5 Å². The lowest BCUT2D eigenvalue weighted by Crippen LogP contribution is -2.46. The Morgan fingerprint density at radius 3 is 2.71 bits per heavy atom.